The number of piperidine rings is 1. The first-order valence-corrected chi connectivity index (χ1v) is 10.5. The number of carbonyl (C=O) groups excluding carboxylic acids is 1. The highest BCUT2D eigenvalue weighted by Crippen LogP contribution is 2.26. The lowest BCUT2D eigenvalue weighted by atomic mass is 10.0. The summed E-state index contributed by atoms with van der Waals surface area (Å²) in [4.78, 5) is 22.4. The van der Waals surface area contributed by atoms with Crippen LogP contribution in [0, 0.1) is 0 Å². The zero-order chi connectivity index (χ0) is 20.6. The fourth-order valence-electron chi connectivity index (χ4n) is 3.67. The van der Waals surface area contributed by atoms with E-state index in [0.717, 1.165) is 43.0 Å². The number of aryl methyl sites for hydroxylation is 2. The van der Waals surface area contributed by atoms with Gasteiger partial charge in [-0.05, 0) is 43.7 Å². The Balaban J connectivity index is 1.63. The molecule has 0 atom stereocenters. The maximum atomic E-state index is 11.8. The molecule has 2 heterocycles. The molecule has 7 heteroatoms. The molecule has 1 saturated heterocycles. The molecule has 3 rings (SSSR count). The van der Waals surface area contributed by atoms with Crippen molar-refractivity contribution in [2.24, 2.45) is 0 Å². The van der Waals surface area contributed by atoms with Gasteiger partial charge in [-0.25, -0.2) is 14.8 Å². The molecule has 0 radical (unpaired) electrons. The zero-order valence-corrected chi connectivity index (χ0v) is 17.6. The summed E-state index contributed by atoms with van der Waals surface area (Å²) in [5.74, 6) is 1.58. The molecule has 0 saturated carbocycles. The van der Waals surface area contributed by atoms with Crippen LogP contribution in [0.5, 0.6) is 0 Å². The molecule has 7 nitrogen and oxygen atoms in total. The van der Waals surface area contributed by atoms with Gasteiger partial charge in [0.1, 0.15) is 18.0 Å². The largest absolute Gasteiger partial charge is 0.450 e. The number of amides is 1. The molecule has 29 heavy (non-hydrogen) atoms. The summed E-state index contributed by atoms with van der Waals surface area (Å²) in [6.45, 7) is 7.95. The molecular formula is C22H31N5O2. The number of nitrogens with zero attached hydrogens (tertiary/aromatic N) is 3. The third-order valence-electron chi connectivity index (χ3n) is 5.29. The van der Waals surface area contributed by atoms with Crippen molar-refractivity contribution >= 4 is 23.4 Å². The van der Waals surface area contributed by atoms with Crippen molar-refractivity contribution in [3.05, 3.63) is 41.7 Å². The molecule has 1 aromatic heterocycles. The molecule has 1 aliphatic heterocycles. The van der Waals surface area contributed by atoms with Crippen LogP contribution in [0.25, 0.3) is 0 Å². The van der Waals surface area contributed by atoms with Gasteiger partial charge in [0.2, 0.25) is 0 Å². The first-order chi connectivity index (χ1) is 14.1. The molecule has 0 unspecified atom stereocenters. The van der Waals surface area contributed by atoms with Gasteiger partial charge in [0.25, 0.3) is 0 Å². The summed E-state index contributed by atoms with van der Waals surface area (Å²) >= 11 is 0. The van der Waals surface area contributed by atoms with Crippen LogP contribution >= 0.6 is 0 Å². The fourth-order valence-corrected chi connectivity index (χ4v) is 3.67. The van der Waals surface area contributed by atoms with E-state index in [2.05, 4.69) is 52.6 Å². The van der Waals surface area contributed by atoms with E-state index in [-0.39, 0.29) is 12.1 Å². The molecule has 0 aliphatic carbocycles. The normalized spacial score (nSPS) is 14.5. The van der Waals surface area contributed by atoms with E-state index in [1.807, 2.05) is 13.0 Å². The van der Waals surface area contributed by atoms with Gasteiger partial charge in [-0.3, -0.25) is 0 Å². The molecule has 1 amide bonds. The predicted octanol–water partition coefficient (Wildman–Crippen LogP) is 4.38. The van der Waals surface area contributed by atoms with Crippen molar-refractivity contribution in [2.75, 3.05) is 30.3 Å². The van der Waals surface area contributed by atoms with Crippen LogP contribution in [-0.4, -0.2) is 46.7 Å². The number of rotatable bonds is 7. The van der Waals surface area contributed by atoms with Gasteiger partial charge in [-0.15, -0.1) is 0 Å². The smallest absolute Gasteiger partial charge is 0.409 e. The molecular weight excluding hydrogens is 366 g/mol. The number of likely N-dealkylation sites (tertiary alicyclic amines) is 1. The molecule has 1 aliphatic rings. The van der Waals surface area contributed by atoms with Gasteiger partial charge < -0.3 is 20.3 Å². The van der Waals surface area contributed by atoms with Crippen molar-refractivity contribution in [3.8, 4) is 0 Å². The van der Waals surface area contributed by atoms with Gasteiger partial charge in [0.05, 0.1) is 6.61 Å². The van der Waals surface area contributed by atoms with Crippen LogP contribution in [0.1, 0.15) is 44.7 Å². The predicted molar refractivity (Wildman–Crippen MR) is 116 cm³/mol. The number of aromatic nitrogens is 2. The first-order valence-electron chi connectivity index (χ1n) is 10.5. The van der Waals surface area contributed by atoms with Crippen LogP contribution in [-0.2, 0) is 17.6 Å². The van der Waals surface area contributed by atoms with Crippen LogP contribution in [0.3, 0.4) is 0 Å². The van der Waals surface area contributed by atoms with Gasteiger partial charge in [-0.1, -0.05) is 32.0 Å². The van der Waals surface area contributed by atoms with E-state index in [0.29, 0.717) is 19.7 Å². The van der Waals surface area contributed by atoms with E-state index in [4.69, 9.17) is 4.74 Å². The van der Waals surface area contributed by atoms with E-state index >= 15 is 0 Å². The number of para-hydroxylation sites is 1. The third-order valence-corrected chi connectivity index (χ3v) is 5.29. The SMILES string of the molecule is CCOC(=O)N1CCC(Nc2cc(Nc3c(CC)cccc3CC)ncn2)CC1. The van der Waals surface area contributed by atoms with Crippen molar-refractivity contribution in [3.63, 3.8) is 0 Å². The van der Waals surface area contributed by atoms with Gasteiger partial charge >= 0.3 is 6.09 Å². The summed E-state index contributed by atoms with van der Waals surface area (Å²) < 4.78 is 5.08. The minimum atomic E-state index is -0.221. The Morgan fingerprint density at radius 3 is 2.38 bits per heavy atom. The Bertz CT molecular complexity index is 796. The summed E-state index contributed by atoms with van der Waals surface area (Å²) in [6.07, 6.45) is 5.02. The lowest BCUT2D eigenvalue weighted by molar-refractivity contribution is 0.0983. The highest BCUT2D eigenvalue weighted by molar-refractivity contribution is 5.68. The second-order valence-electron chi connectivity index (χ2n) is 7.18. The Hall–Kier alpha value is -2.83. The van der Waals surface area contributed by atoms with Gasteiger partial charge in [0, 0.05) is 30.9 Å². The highest BCUT2D eigenvalue weighted by atomic mass is 16.6. The van der Waals surface area contributed by atoms with Crippen molar-refractivity contribution in [2.45, 2.75) is 52.5 Å². The minimum Gasteiger partial charge on any atom is -0.450 e. The average molecular weight is 398 g/mol. The van der Waals surface area contributed by atoms with Crippen molar-refractivity contribution in [1.82, 2.24) is 14.9 Å². The lowest BCUT2D eigenvalue weighted by Crippen LogP contribution is -2.42. The van der Waals surface area contributed by atoms with Gasteiger partial charge in [0.15, 0.2) is 0 Å². The topological polar surface area (TPSA) is 79.4 Å². The number of hydrogen-bond acceptors (Lipinski definition) is 6. The van der Waals surface area contributed by atoms with E-state index in [1.165, 1.54) is 11.1 Å². The van der Waals surface area contributed by atoms with Gasteiger partial charge in [-0.2, -0.15) is 0 Å². The molecule has 2 N–H and O–H groups in total. The lowest BCUT2D eigenvalue weighted by Gasteiger charge is -2.31. The zero-order valence-electron chi connectivity index (χ0n) is 17.6. The van der Waals surface area contributed by atoms with Crippen LogP contribution in [0.4, 0.5) is 22.1 Å². The second-order valence-corrected chi connectivity index (χ2v) is 7.18. The molecule has 1 fully saturated rings. The maximum absolute atomic E-state index is 11.8. The number of ether oxygens (including phenoxy) is 1. The van der Waals surface area contributed by atoms with E-state index in [9.17, 15) is 4.79 Å². The summed E-state index contributed by atoms with van der Waals surface area (Å²) in [7, 11) is 0. The summed E-state index contributed by atoms with van der Waals surface area (Å²) in [5.41, 5.74) is 3.71. The number of hydrogen-bond donors (Lipinski definition) is 2. The average Bonchev–Trinajstić information content (AvgIpc) is 2.75. The summed E-state index contributed by atoms with van der Waals surface area (Å²) in [5, 5.41) is 6.98. The third kappa shape index (κ3) is 5.37. The number of anilines is 3. The summed E-state index contributed by atoms with van der Waals surface area (Å²) in [6, 6.07) is 8.64. The van der Waals surface area contributed by atoms with Crippen LogP contribution < -0.4 is 10.6 Å². The van der Waals surface area contributed by atoms with E-state index < -0.39 is 0 Å². The second kappa shape index (κ2) is 10.1. The number of nitrogens with one attached hydrogen (secondary N) is 2. The van der Waals surface area contributed by atoms with Crippen molar-refractivity contribution in [1.29, 1.82) is 0 Å². The number of carbonyl (C=O) groups is 1. The molecule has 156 valence electrons. The minimum absolute atomic E-state index is 0.221. The Kier molecular flexibility index (Phi) is 7.27. The fraction of sp³-hybridized carbons (Fsp3) is 0.500. The molecule has 0 bridgehead atoms. The Morgan fingerprint density at radius 2 is 1.76 bits per heavy atom. The molecule has 2 aromatic rings. The molecule has 1 aromatic carbocycles. The van der Waals surface area contributed by atoms with Crippen molar-refractivity contribution < 1.29 is 9.53 Å². The standard InChI is InChI=1S/C22H31N5O2/c1-4-16-8-7-9-17(5-2)21(16)26-20-14-19(23-15-24-20)25-18-10-12-27(13-11-18)22(28)29-6-3/h7-9,14-15,18H,4-6,10-13H2,1-3H3,(H2,23,24,25,26). The monoisotopic (exact) mass is 397 g/mol. The maximum Gasteiger partial charge on any atom is 0.409 e. The van der Waals surface area contributed by atoms with E-state index in [1.54, 1.807) is 11.2 Å². The highest BCUT2D eigenvalue weighted by Gasteiger charge is 2.23. The molecule has 0 spiro atoms. The Morgan fingerprint density at radius 1 is 1.10 bits per heavy atom. The Labute approximate surface area is 172 Å². The van der Waals surface area contributed by atoms with Crippen LogP contribution in [0.15, 0.2) is 30.6 Å². The first kappa shape index (κ1) is 20.9. The number of benzene rings is 1. The quantitative estimate of drug-likeness (QED) is 0.722. The van der Waals surface area contributed by atoms with Crippen LogP contribution in [0.2, 0.25) is 0 Å².